The van der Waals surface area contributed by atoms with E-state index in [4.69, 9.17) is 16.5 Å². The van der Waals surface area contributed by atoms with Gasteiger partial charge < -0.3 is 16.4 Å². The number of fused-ring (bicyclic) bond motifs is 3. The predicted molar refractivity (Wildman–Crippen MR) is 126 cm³/mol. The molecule has 2 aliphatic rings. The van der Waals surface area contributed by atoms with Gasteiger partial charge in [0.15, 0.2) is 15.5 Å². The number of amides is 1. The van der Waals surface area contributed by atoms with Gasteiger partial charge >= 0.3 is 0 Å². The molecule has 2 atom stereocenters. The van der Waals surface area contributed by atoms with Crippen molar-refractivity contribution in [2.45, 2.75) is 48.6 Å². The zero-order valence-corrected chi connectivity index (χ0v) is 19.7. The van der Waals surface area contributed by atoms with Crippen LogP contribution in [-0.2, 0) is 9.84 Å². The molecule has 2 unspecified atom stereocenters. The number of nitrogens with zero attached hydrogens (tertiary/aromatic N) is 6. The third-order valence-corrected chi connectivity index (χ3v) is 8.19. The van der Waals surface area contributed by atoms with Gasteiger partial charge in [0.1, 0.15) is 22.2 Å². The second-order valence-corrected chi connectivity index (χ2v) is 11.2. The number of rotatable bonds is 4. The van der Waals surface area contributed by atoms with Gasteiger partial charge in [-0.05, 0) is 25.7 Å². The first kappa shape index (κ1) is 21.6. The van der Waals surface area contributed by atoms with Crippen LogP contribution in [0, 0.1) is 0 Å². The molecular formula is C21H24N10O3S. The van der Waals surface area contributed by atoms with Gasteiger partial charge in [0, 0.05) is 47.6 Å². The first-order valence-corrected chi connectivity index (χ1v) is 13.1. The van der Waals surface area contributed by atoms with Crippen molar-refractivity contribution in [2.75, 3.05) is 17.7 Å². The van der Waals surface area contributed by atoms with Crippen molar-refractivity contribution in [1.29, 1.82) is 0 Å². The van der Waals surface area contributed by atoms with Crippen LogP contribution in [0.5, 0.6) is 0 Å². The number of sulfone groups is 1. The number of aromatic nitrogens is 7. The van der Waals surface area contributed by atoms with E-state index in [1.165, 1.54) is 10.6 Å². The maximum absolute atomic E-state index is 13.2. The lowest BCUT2D eigenvalue weighted by molar-refractivity contribution is 0.0562. The van der Waals surface area contributed by atoms with Crippen molar-refractivity contribution in [3.05, 3.63) is 36.0 Å². The number of carbonyl (C=O) groups excluding carboxylic acids is 1. The molecule has 4 aromatic heterocycles. The third-order valence-electron chi connectivity index (χ3n) is 7.03. The minimum atomic E-state index is -3.71. The summed E-state index contributed by atoms with van der Waals surface area (Å²) in [7, 11) is -3.71. The van der Waals surface area contributed by atoms with Crippen molar-refractivity contribution in [3.63, 3.8) is 0 Å². The Labute approximate surface area is 199 Å². The van der Waals surface area contributed by atoms with E-state index in [1.807, 2.05) is 4.90 Å². The SMILES string of the molecule is CS(=O)(=O)c1c(C2CC3CCC(C2)N3C(=O)c2cc(N)n[nH]2)nc2c(-c3cn[nH]c3)cnn2c1N. The van der Waals surface area contributed by atoms with Crippen LogP contribution in [0.3, 0.4) is 0 Å². The van der Waals surface area contributed by atoms with Crippen LogP contribution in [0.25, 0.3) is 16.8 Å². The quantitative estimate of drug-likeness (QED) is 0.318. The molecule has 14 heteroatoms. The van der Waals surface area contributed by atoms with Crippen LogP contribution >= 0.6 is 0 Å². The van der Waals surface area contributed by atoms with Gasteiger partial charge in [0.25, 0.3) is 5.91 Å². The van der Waals surface area contributed by atoms with Crippen LogP contribution in [-0.4, -0.2) is 72.6 Å². The molecule has 13 nitrogen and oxygen atoms in total. The molecule has 0 aliphatic carbocycles. The van der Waals surface area contributed by atoms with E-state index in [0.29, 0.717) is 35.4 Å². The molecule has 6 N–H and O–H groups in total. The second-order valence-electron chi connectivity index (χ2n) is 9.24. The maximum Gasteiger partial charge on any atom is 0.272 e. The predicted octanol–water partition coefficient (Wildman–Crippen LogP) is 0.961. The molecule has 2 bridgehead atoms. The van der Waals surface area contributed by atoms with E-state index in [0.717, 1.165) is 24.7 Å². The van der Waals surface area contributed by atoms with E-state index < -0.39 is 9.84 Å². The molecule has 182 valence electrons. The van der Waals surface area contributed by atoms with Gasteiger partial charge in [0.05, 0.1) is 18.1 Å². The highest BCUT2D eigenvalue weighted by atomic mass is 32.2. The molecule has 2 saturated heterocycles. The summed E-state index contributed by atoms with van der Waals surface area (Å²) in [6, 6.07) is 1.42. The lowest BCUT2D eigenvalue weighted by Gasteiger charge is -2.39. The number of hydrogen-bond donors (Lipinski definition) is 4. The number of H-pyrrole nitrogens is 2. The first-order valence-electron chi connectivity index (χ1n) is 11.2. The highest BCUT2D eigenvalue weighted by Crippen LogP contribution is 2.45. The smallest absolute Gasteiger partial charge is 0.272 e. The molecule has 6 rings (SSSR count). The van der Waals surface area contributed by atoms with Gasteiger partial charge in [0.2, 0.25) is 0 Å². The summed E-state index contributed by atoms with van der Waals surface area (Å²) in [6.07, 6.45) is 8.90. The molecule has 0 aromatic carbocycles. The van der Waals surface area contributed by atoms with E-state index in [1.54, 1.807) is 18.6 Å². The Balaban J connectivity index is 1.43. The van der Waals surface area contributed by atoms with Crippen molar-refractivity contribution in [3.8, 4) is 11.1 Å². The number of hydrogen-bond acceptors (Lipinski definition) is 9. The summed E-state index contributed by atoms with van der Waals surface area (Å²) in [6.45, 7) is 0. The summed E-state index contributed by atoms with van der Waals surface area (Å²) < 4.78 is 27.1. The minimum Gasteiger partial charge on any atom is -0.382 e. The van der Waals surface area contributed by atoms with Crippen molar-refractivity contribution >= 4 is 33.0 Å². The lowest BCUT2D eigenvalue weighted by Crippen LogP contribution is -2.46. The second kappa shape index (κ2) is 7.53. The van der Waals surface area contributed by atoms with E-state index in [-0.39, 0.29) is 40.4 Å². The van der Waals surface area contributed by atoms with Crippen LogP contribution in [0.1, 0.15) is 47.8 Å². The normalized spacial score (nSPS) is 22.2. The maximum atomic E-state index is 13.2. The van der Waals surface area contributed by atoms with Crippen LogP contribution in [0.2, 0.25) is 0 Å². The molecule has 0 radical (unpaired) electrons. The molecule has 2 aliphatic heterocycles. The third kappa shape index (κ3) is 3.35. The summed E-state index contributed by atoms with van der Waals surface area (Å²) >= 11 is 0. The molecule has 6 heterocycles. The fraction of sp³-hybridized carbons (Fsp3) is 0.381. The zero-order valence-electron chi connectivity index (χ0n) is 18.8. The molecule has 0 saturated carbocycles. The Hall–Kier alpha value is -3.94. The molecular weight excluding hydrogens is 472 g/mol. The number of piperidine rings is 1. The van der Waals surface area contributed by atoms with Crippen LogP contribution in [0.4, 0.5) is 11.6 Å². The molecule has 0 spiro atoms. The lowest BCUT2D eigenvalue weighted by atomic mass is 9.87. The summed E-state index contributed by atoms with van der Waals surface area (Å²) in [5, 5.41) is 17.6. The molecule has 2 fully saturated rings. The fourth-order valence-corrected chi connectivity index (χ4v) is 6.65. The number of nitrogen functional groups attached to an aromatic ring is 2. The number of carbonyl (C=O) groups is 1. The standard InChI is InChI=1S/C21H24N10O3S/c1-35(33,34)18-17(27-20-14(11-7-24-25-8-11)9-26-31(20)19(18)23)10-4-12-2-3-13(5-10)30(12)21(32)15-6-16(22)29-28-15/h6-10,12-13H,2-5,23H2,1H3,(H,24,25)(H3,22,28,29). The first-order chi connectivity index (χ1) is 16.7. The fourth-order valence-electron chi connectivity index (χ4n) is 5.59. The Morgan fingerprint density at radius 1 is 1.17 bits per heavy atom. The topological polar surface area (TPSA) is 194 Å². The number of nitrogens with two attached hydrogens (primary N) is 2. The highest BCUT2D eigenvalue weighted by molar-refractivity contribution is 7.91. The van der Waals surface area contributed by atoms with Gasteiger partial charge in [-0.25, -0.2) is 13.4 Å². The van der Waals surface area contributed by atoms with Gasteiger partial charge in [-0.1, -0.05) is 0 Å². The number of anilines is 2. The molecule has 35 heavy (non-hydrogen) atoms. The number of aromatic amines is 2. The summed E-state index contributed by atoms with van der Waals surface area (Å²) in [5.41, 5.74) is 14.8. The van der Waals surface area contributed by atoms with Crippen LogP contribution < -0.4 is 11.5 Å². The summed E-state index contributed by atoms with van der Waals surface area (Å²) in [5.74, 6) is -0.0476. The van der Waals surface area contributed by atoms with Gasteiger partial charge in [-0.3, -0.25) is 15.0 Å². The van der Waals surface area contributed by atoms with Gasteiger partial charge in [-0.15, -0.1) is 0 Å². The average Bonchev–Trinajstić information content (AvgIpc) is 3.58. The van der Waals surface area contributed by atoms with E-state index >= 15 is 0 Å². The summed E-state index contributed by atoms with van der Waals surface area (Å²) in [4.78, 5) is 19.9. The van der Waals surface area contributed by atoms with E-state index in [2.05, 4.69) is 25.5 Å². The Morgan fingerprint density at radius 3 is 2.51 bits per heavy atom. The minimum absolute atomic E-state index is 0.00244. The van der Waals surface area contributed by atoms with Crippen molar-refractivity contribution in [2.24, 2.45) is 0 Å². The van der Waals surface area contributed by atoms with E-state index in [9.17, 15) is 13.2 Å². The number of nitrogens with one attached hydrogen (secondary N) is 2. The zero-order chi connectivity index (χ0) is 24.5. The van der Waals surface area contributed by atoms with Crippen molar-refractivity contribution in [1.82, 2.24) is 39.9 Å². The Bertz CT molecular complexity index is 1540. The Kier molecular flexibility index (Phi) is 4.64. The molecule has 4 aromatic rings. The monoisotopic (exact) mass is 496 g/mol. The average molecular weight is 497 g/mol. The van der Waals surface area contributed by atoms with Gasteiger partial charge in [-0.2, -0.15) is 19.8 Å². The largest absolute Gasteiger partial charge is 0.382 e. The molecule has 1 amide bonds. The van der Waals surface area contributed by atoms with Crippen molar-refractivity contribution < 1.29 is 13.2 Å². The Morgan fingerprint density at radius 2 is 1.91 bits per heavy atom. The van der Waals surface area contributed by atoms with Crippen LogP contribution in [0.15, 0.2) is 29.6 Å². The highest BCUT2D eigenvalue weighted by Gasteiger charge is 2.46.